The summed E-state index contributed by atoms with van der Waals surface area (Å²) in [6.45, 7) is 19.9. The summed E-state index contributed by atoms with van der Waals surface area (Å²) in [7, 11) is 0. The van der Waals surface area contributed by atoms with Gasteiger partial charge in [0.15, 0.2) is 0 Å². The molecule has 1 aromatic heterocycles. The number of amides is 2. The Morgan fingerprint density at radius 1 is 1.24 bits per heavy atom. The van der Waals surface area contributed by atoms with Crippen molar-refractivity contribution in [2.24, 2.45) is 5.92 Å². The molecule has 8 nitrogen and oxygen atoms in total. The van der Waals surface area contributed by atoms with Gasteiger partial charge in [0.25, 0.3) is 5.91 Å². The Kier molecular flexibility index (Phi) is 9.85. The number of halogens is 1. The summed E-state index contributed by atoms with van der Waals surface area (Å²) in [4.78, 5) is 36.2. The second-order valence-corrected chi connectivity index (χ2v) is 14.2. The Hall–Kier alpha value is -4.24. The quantitative estimate of drug-likeness (QED) is 0.324. The third-order valence-corrected chi connectivity index (χ3v) is 11.0. The standard InChI is InChI=1S/C40H50FN5O3/c1-8-11-33(32(41)10-3)43-27(7)37-34(42-24-45(37)25(4)5)20-26(6)29-12-13-31-35(23-29)46(30-21-28(9-2)22-30)39(48)40(31)15-17-44(18-16-40)38(47)36-14-19-49-36/h8,10-13,20,23-25,28,30,36,43H,3,6,9,14-19,21-22H2,1-2,4-5,7H3/b11-8-,33-32-,34-20+,37-27-. The van der Waals surface area contributed by atoms with Crippen LogP contribution in [0, 0.1) is 5.92 Å². The molecule has 2 saturated heterocycles. The van der Waals surface area contributed by atoms with Gasteiger partial charge in [-0.15, -0.1) is 0 Å². The number of allylic oxidation sites excluding steroid dienone is 5. The van der Waals surface area contributed by atoms with E-state index in [-0.39, 0.29) is 30.0 Å². The number of nitrogens with one attached hydrogen (secondary N) is 1. The van der Waals surface area contributed by atoms with Gasteiger partial charge in [-0.3, -0.25) is 9.59 Å². The number of piperidine rings is 1. The first-order chi connectivity index (χ1) is 23.5. The number of hydrogen-bond acceptors (Lipinski definition) is 5. The Balaban J connectivity index is 1.36. The van der Waals surface area contributed by atoms with Crippen LogP contribution in [0.3, 0.4) is 0 Å². The maximum atomic E-state index is 14.6. The smallest absolute Gasteiger partial charge is 0.251 e. The zero-order valence-electron chi connectivity index (χ0n) is 29.6. The fourth-order valence-electron chi connectivity index (χ4n) is 7.85. The lowest BCUT2D eigenvalue weighted by atomic mass is 9.73. The number of anilines is 1. The molecule has 1 aliphatic carbocycles. The molecule has 1 unspecified atom stereocenters. The van der Waals surface area contributed by atoms with Gasteiger partial charge in [0, 0.05) is 43.0 Å². The minimum absolute atomic E-state index is 0.0532. The molecule has 4 heterocycles. The minimum Gasteiger partial charge on any atom is -0.368 e. The van der Waals surface area contributed by atoms with Crippen molar-refractivity contribution in [3.63, 3.8) is 0 Å². The van der Waals surface area contributed by atoms with E-state index in [0.29, 0.717) is 49.5 Å². The molecule has 4 aliphatic rings. The zero-order chi connectivity index (χ0) is 35.0. The maximum absolute atomic E-state index is 14.6. The monoisotopic (exact) mass is 667 g/mol. The Labute approximate surface area is 289 Å². The van der Waals surface area contributed by atoms with Crippen molar-refractivity contribution in [2.75, 3.05) is 24.6 Å². The van der Waals surface area contributed by atoms with Crippen LogP contribution in [0.2, 0.25) is 0 Å². The normalized spacial score (nSPS) is 24.5. The Morgan fingerprint density at radius 2 is 1.96 bits per heavy atom. The van der Waals surface area contributed by atoms with Crippen molar-refractivity contribution in [1.82, 2.24) is 19.8 Å². The van der Waals surface area contributed by atoms with E-state index in [4.69, 9.17) is 9.72 Å². The summed E-state index contributed by atoms with van der Waals surface area (Å²) in [5.74, 6) is 0.417. The molecular weight excluding hydrogens is 617 g/mol. The summed E-state index contributed by atoms with van der Waals surface area (Å²) < 4.78 is 22.2. The molecule has 2 aromatic rings. The van der Waals surface area contributed by atoms with Crippen molar-refractivity contribution < 1.29 is 18.7 Å². The van der Waals surface area contributed by atoms with Gasteiger partial charge in [0.1, 0.15) is 11.9 Å². The molecule has 1 aromatic carbocycles. The lowest BCUT2D eigenvalue weighted by Crippen LogP contribution is -2.55. The van der Waals surface area contributed by atoms with Crippen LogP contribution >= 0.6 is 0 Å². The third-order valence-electron chi connectivity index (χ3n) is 11.0. The summed E-state index contributed by atoms with van der Waals surface area (Å²) in [6, 6.07) is 6.59. The van der Waals surface area contributed by atoms with Crippen LogP contribution in [-0.2, 0) is 19.7 Å². The number of fused-ring (bicyclic) bond motifs is 2. The fraction of sp³-hybridized carbons (Fsp3) is 0.475. The minimum atomic E-state index is -0.632. The van der Waals surface area contributed by atoms with Gasteiger partial charge in [0.05, 0.1) is 34.7 Å². The van der Waals surface area contributed by atoms with Gasteiger partial charge in [-0.05, 0) is 100 Å². The number of imidazole rings is 1. The van der Waals surface area contributed by atoms with Gasteiger partial charge in [-0.25, -0.2) is 9.37 Å². The summed E-state index contributed by atoms with van der Waals surface area (Å²) in [5.41, 5.74) is 4.14. The Bertz CT molecular complexity index is 1830. The first-order valence-electron chi connectivity index (χ1n) is 17.8. The zero-order valence-corrected chi connectivity index (χ0v) is 29.6. The first-order valence-corrected chi connectivity index (χ1v) is 17.8. The van der Waals surface area contributed by atoms with E-state index >= 15 is 0 Å². The third kappa shape index (κ3) is 6.22. The Morgan fingerprint density at radius 3 is 2.55 bits per heavy atom. The summed E-state index contributed by atoms with van der Waals surface area (Å²) in [5, 5.41) is 4.78. The van der Waals surface area contributed by atoms with E-state index in [1.165, 1.54) is 6.08 Å². The predicted molar refractivity (Wildman–Crippen MR) is 193 cm³/mol. The van der Waals surface area contributed by atoms with E-state index in [0.717, 1.165) is 59.1 Å². The molecule has 49 heavy (non-hydrogen) atoms. The van der Waals surface area contributed by atoms with E-state index in [1.807, 2.05) is 24.8 Å². The second kappa shape index (κ2) is 13.9. The number of carbonyl (C=O) groups is 2. The fourth-order valence-corrected chi connectivity index (χ4v) is 7.85. The number of hydrogen-bond donors (Lipinski definition) is 1. The van der Waals surface area contributed by atoms with Gasteiger partial charge in [-0.2, -0.15) is 0 Å². The number of ether oxygens (including phenoxy) is 1. The highest BCUT2D eigenvalue weighted by Gasteiger charge is 2.55. The predicted octanol–water partition coefficient (Wildman–Crippen LogP) is 5.80. The number of nitrogens with zero attached hydrogens (tertiary/aromatic N) is 4. The lowest BCUT2D eigenvalue weighted by Gasteiger charge is -2.44. The van der Waals surface area contributed by atoms with E-state index in [9.17, 15) is 14.0 Å². The van der Waals surface area contributed by atoms with Crippen molar-refractivity contribution in [1.29, 1.82) is 0 Å². The van der Waals surface area contributed by atoms with Crippen LogP contribution in [0.1, 0.15) is 90.3 Å². The molecule has 3 fully saturated rings. The molecule has 0 bridgehead atoms. The van der Waals surface area contributed by atoms with E-state index in [1.54, 1.807) is 18.5 Å². The number of carbonyl (C=O) groups excluding carboxylic acids is 2. The summed E-state index contributed by atoms with van der Waals surface area (Å²) in [6.07, 6.45) is 13.2. The number of likely N-dealkylation sites (tertiary alicyclic amines) is 1. The van der Waals surface area contributed by atoms with E-state index in [2.05, 4.69) is 66.9 Å². The van der Waals surface area contributed by atoms with Crippen LogP contribution < -0.4 is 20.9 Å². The summed E-state index contributed by atoms with van der Waals surface area (Å²) >= 11 is 0. The molecule has 1 saturated carbocycles. The van der Waals surface area contributed by atoms with Crippen LogP contribution in [0.15, 0.2) is 67.4 Å². The maximum Gasteiger partial charge on any atom is 0.251 e. The van der Waals surface area contributed by atoms with Crippen LogP contribution in [0.5, 0.6) is 0 Å². The van der Waals surface area contributed by atoms with Crippen LogP contribution in [0.25, 0.3) is 17.3 Å². The van der Waals surface area contributed by atoms with Gasteiger partial charge in [-0.1, -0.05) is 44.7 Å². The molecule has 1 N–H and O–H groups in total. The number of benzene rings is 1. The molecule has 0 radical (unpaired) electrons. The van der Waals surface area contributed by atoms with Crippen molar-refractivity contribution in [2.45, 2.75) is 96.7 Å². The van der Waals surface area contributed by atoms with Crippen molar-refractivity contribution >= 4 is 34.8 Å². The first kappa shape index (κ1) is 34.6. The number of rotatable bonds is 10. The molecule has 1 spiro atoms. The van der Waals surface area contributed by atoms with Crippen molar-refractivity contribution in [3.8, 4) is 0 Å². The lowest BCUT2D eigenvalue weighted by molar-refractivity contribution is -0.158. The molecule has 3 aliphatic heterocycles. The molecule has 9 heteroatoms. The SMILES string of the molecule is C=C/C(F)=C(\C=C/C)N/C(C)=c1/c(=C\C(=C)c2ccc3c(c2)N(C2CC(CC)C2)C(=O)C32CCN(C(=O)C3CCO3)CC2)ncn1C(C)C. The topological polar surface area (TPSA) is 79.7 Å². The average molecular weight is 668 g/mol. The van der Waals surface area contributed by atoms with Crippen LogP contribution in [-0.4, -0.2) is 58.1 Å². The molecule has 6 rings (SSSR count). The highest BCUT2D eigenvalue weighted by atomic mass is 19.1. The molecular formula is C40H50FN5O3. The average Bonchev–Trinajstić information content (AvgIpc) is 3.56. The van der Waals surface area contributed by atoms with Gasteiger partial charge < -0.3 is 24.4 Å². The molecule has 1 atom stereocenters. The highest BCUT2D eigenvalue weighted by molar-refractivity contribution is 6.09. The second-order valence-electron chi connectivity index (χ2n) is 14.2. The largest absolute Gasteiger partial charge is 0.368 e. The molecule has 2 amide bonds. The number of aromatic nitrogens is 2. The molecule has 260 valence electrons. The van der Waals surface area contributed by atoms with Crippen LogP contribution in [0.4, 0.5) is 10.1 Å². The van der Waals surface area contributed by atoms with Gasteiger partial charge in [0.2, 0.25) is 5.91 Å². The van der Waals surface area contributed by atoms with E-state index < -0.39 is 11.2 Å². The highest BCUT2D eigenvalue weighted by Crippen LogP contribution is 2.52. The van der Waals surface area contributed by atoms with Gasteiger partial charge >= 0.3 is 0 Å². The van der Waals surface area contributed by atoms with Crippen molar-refractivity contribution in [3.05, 3.63) is 89.3 Å².